The van der Waals surface area contributed by atoms with Gasteiger partial charge in [-0.2, -0.15) is 0 Å². The highest BCUT2D eigenvalue weighted by molar-refractivity contribution is 5.81. The summed E-state index contributed by atoms with van der Waals surface area (Å²) in [7, 11) is 0. The zero-order chi connectivity index (χ0) is 18.3. The largest absolute Gasteiger partial charge is 0.391 e. The second kappa shape index (κ2) is 6.93. The topological polar surface area (TPSA) is 68.2 Å². The molecule has 3 fully saturated rings. The van der Waals surface area contributed by atoms with Gasteiger partial charge in [-0.15, -0.1) is 0 Å². The summed E-state index contributed by atoms with van der Waals surface area (Å²) in [5, 5.41) is 10.6. The van der Waals surface area contributed by atoms with Gasteiger partial charge in [-0.25, -0.2) is 0 Å². The number of piperidine rings is 1. The van der Waals surface area contributed by atoms with Gasteiger partial charge >= 0.3 is 0 Å². The fraction of sp³-hybridized carbons (Fsp3) is 0.650. The van der Waals surface area contributed by atoms with Crippen LogP contribution in [0.5, 0.6) is 0 Å². The fourth-order valence-electron chi connectivity index (χ4n) is 4.45. The Bertz CT molecular complexity index is 649. The van der Waals surface area contributed by atoms with Gasteiger partial charge in [0.1, 0.15) is 12.2 Å². The summed E-state index contributed by atoms with van der Waals surface area (Å²) in [4.78, 5) is 14.6. The van der Waals surface area contributed by atoms with Crippen LogP contribution < -0.4 is 0 Å². The lowest BCUT2D eigenvalue weighted by Gasteiger charge is -2.40. The van der Waals surface area contributed by atoms with Crippen molar-refractivity contribution in [3.8, 4) is 0 Å². The van der Waals surface area contributed by atoms with Crippen LogP contribution in [0.25, 0.3) is 0 Å². The third-order valence-electron chi connectivity index (χ3n) is 5.57. The Morgan fingerprint density at radius 2 is 2.04 bits per heavy atom. The van der Waals surface area contributed by atoms with Crippen LogP contribution in [-0.2, 0) is 25.6 Å². The SMILES string of the molecule is CC1(C)O[C@H]2[C@H]3[C@H](O)C[C@H](CCOCc4ccccc4)C(=O)N3C[C@H]2O1. The summed E-state index contributed by atoms with van der Waals surface area (Å²) in [5.74, 6) is -0.765. The number of carbonyl (C=O) groups excluding carboxylic acids is 1. The molecule has 1 N–H and O–H groups in total. The Morgan fingerprint density at radius 3 is 2.81 bits per heavy atom. The molecule has 0 bridgehead atoms. The molecular formula is C20H27NO5. The molecule has 0 radical (unpaired) electrons. The first-order chi connectivity index (χ1) is 12.4. The van der Waals surface area contributed by atoms with Gasteiger partial charge in [0.15, 0.2) is 5.79 Å². The highest BCUT2D eigenvalue weighted by Crippen LogP contribution is 2.42. The van der Waals surface area contributed by atoms with Gasteiger partial charge in [0, 0.05) is 12.5 Å². The van der Waals surface area contributed by atoms with Gasteiger partial charge in [0.2, 0.25) is 5.91 Å². The Balaban J connectivity index is 1.31. The minimum atomic E-state index is -0.647. The maximum Gasteiger partial charge on any atom is 0.226 e. The van der Waals surface area contributed by atoms with Gasteiger partial charge in [0.05, 0.1) is 25.3 Å². The lowest BCUT2D eigenvalue weighted by Crippen LogP contribution is -2.55. The number of hydrogen-bond donors (Lipinski definition) is 1. The van der Waals surface area contributed by atoms with Crippen molar-refractivity contribution in [2.24, 2.45) is 5.92 Å². The molecule has 1 amide bonds. The first-order valence-electron chi connectivity index (χ1n) is 9.40. The van der Waals surface area contributed by atoms with Crippen molar-refractivity contribution in [3.05, 3.63) is 35.9 Å². The van der Waals surface area contributed by atoms with Crippen LogP contribution >= 0.6 is 0 Å². The molecule has 1 aromatic carbocycles. The lowest BCUT2D eigenvalue weighted by atomic mass is 9.87. The molecule has 6 nitrogen and oxygen atoms in total. The fourth-order valence-corrected chi connectivity index (χ4v) is 4.45. The number of nitrogens with zero attached hydrogens (tertiary/aromatic N) is 1. The van der Waals surface area contributed by atoms with E-state index in [2.05, 4.69) is 0 Å². The number of rotatable bonds is 5. The molecule has 0 unspecified atom stereocenters. The summed E-state index contributed by atoms with van der Waals surface area (Å²) in [6, 6.07) is 9.68. The Morgan fingerprint density at radius 1 is 1.27 bits per heavy atom. The van der Waals surface area contributed by atoms with Gasteiger partial charge in [-0.3, -0.25) is 4.79 Å². The molecule has 4 rings (SSSR count). The molecule has 3 heterocycles. The Kier molecular flexibility index (Phi) is 4.77. The summed E-state index contributed by atoms with van der Waals surface area (Å²) in [6.45, 7) is 5.29. The molecule has 0 aliphatic carbocycles. The number of benzene rings is 1. The third-order valence-corrected chi connectivity index (χ3v) is 5.57. The molecule has 6 heteroatoms. The second-order valence-corrected chi connectivity index (χ2v) is 7.95. The van der Waals surface area contributed by atoms with Crippen LogP contribution in [0, 0.1) is 5.92 Å². The number of aliphatic hydroxyl groups is 1. The van der Waals surface area contributed by atoms with E-state index in [1.54, 1.807) is 4.90 Å². The molecule has 0 saturated carbocycles. The van der Waals surface area contributed by atoms with E-state index in [0.29, 0.717) is 32.6 Å². The quantitative estimate of drug-likeness (QED) is 0.809. The average molecular weight is 361 g/mol. The van der Waals surface area contributed by atoms with Crippen molar-refractivity contribution < 1.29 is 24.1 Å². The van der Waals surface area contributed by atoms with Crippen molar-refractivity contribution in [2.75, 3.05) is 13.2 Å². The van der Waals surface area contributed by atoms with Crippen molar-refractivity contribution in [1.82, 2.24) is 4.90 Å². The predicted molar refractivity (Wildman–Crippen MR) is 94.2 cm³/mol. The van der Waals surface area contributed by atoms with E-state index in [1.807, 2.05) is 44.2 Å². The Labute approximate surface area is 154 Å². The number of fused-ring (bicyclic) bond motifs is 3. The maximum atomic E-state index is 12.9. The molecule has 1 aromatic rings. The highest BCUT2D eigenvalue weighted by atomic mass is 16.8. The second-order valence-electron chi connectivity index (χ2n) is 7.95. The van der Waals surface area contributed by atoms with E-state index in [4.69, 9.17) is 14.2 Å². The molecule has 142 valence electrons. The molecule has 3 aliphatic heterocycles. The summed E-state index contributed by atoms with van der Waals surface area (Å²) in [6.07, 6.45) is 0.108. The average Bonchev–Trinajstić information content (AvgIpc) is 3.08. The molecule has 26 heavy (non-hydrogen) atoms. The van der Waals surface area contributed by atoms with E-state index >= 15 is 0 Å². The van der Waals surface area contributed by atoms with Gasteiger partial charge in [-0.05, 0) is 32.3 Å². The minimum absolute atomic E-state index is 0.0861. The molecular weight excluding hydrogens is 334 g/mol. The van der Waals surface area contributed by atoms with Crippen LogP contribution in [0.1, 0.15) is 32.3 Å². The molecule has 0 spiro atoms. The van der Waals surface area contributed by atoms with E-state index < -0.39 is 11.9 Å². The monoisotopic (exact) mass is 361 g/mol. The van der Waals surface area contributed by atoms with Crippen molar-refractivity contribution >= 4 is 5.91 Å². The van der Waals surface area contributed by atoms with Crippen LogP contribution in [0.3, 0.4) is 0 Å². The Hall–Kier alpha value is -1.47. The van der Waals surface area contributed by atoms with Crippen LogP contribution in [0.4, 0.5) is 0 Å². The first kappa shape index (κ1) is 17.9. The number of hydrogen-bond acceptors (Lipinski definition) is 5. The van der Waals surface area contributed by atoms with E-state index in [1.165, 1.54) is 0 Å². The number of aliphatic hydroxyl groups excluding tert-OH is 1. The van der Waals surface area contributed by atoms with E-state index in [9.17, 15) is 9.90 Å². The zero-order valence-electron chi connectivity index (χ0n) is 15.3. The summed E-state index contributed by atoms with van der Waals surface area (Å²) in [5.41, 5.74) is 1.12. The number of amides is 1. The number of ether oxygens (including phenoxy) is 3. The first-order valence-corrected chi connectivity index (χ1v) is 9.40. The predicted octanol–water partition coefficient (Wildman–Crippen LogP) is 1.70. The zero-order valence-corrected chi connectivity index (χ0v) is 15.3. The molecule has 3 aliphatic rings. The van der Waals surface area contributed by atoms with Crippen molar-refractivity contribution in [1.29, 1.82) is 0 Å². The number of carbonyl (C=O) groups is 1. The minimum Gasteiger partial charge on any atom is -0.391 e. The van der Waals surface area contributed by atoms with Crippen LogP contribution in [-0.4, -0.2) is 59.2 Å². The normalized spacial score (nSPS) is 35.4. The lowest BCUT2D eigenvalue weighted by molar-refractivity contribution is -0.180. The third kappa shape index (κ3) is 3.39. The van der Waals surface area contributed by atoms with Crippen LogP contribution in [0.15, 0.2) is 30.3 Å². The van der Waals surface area contributed by atoms with Gasteiger partial charge in [0.25, 0.3) is 0 Å². The summed E-state index contributed by atoms with van der Waals surface area (Å²) < 4.78 is 17.6. The van der Waals surface area contributed by atoms with Crippen molar-refractivity contribution in [2.45, 2.75) is 63.4 Å². The van der Waals surface area contributed by atoms with Crippen LogP contribution in [0.2, 0.25) is 0 Å². The standard InChI is InChI=1S/C20H27NO5/c1-20(2)25-16-11-21-17(18(16)26-20)15(22)10-14(19(21)23)8-9-24-12-13-6-4-3-5-7-13/h3-7,14-18,22H,8-12H2,1-2H3/t14-,15+,16+,17+,18+/m0/s1. The summed E-state index contributed by atoms with van der Waals surface area (Å²) >= 11 is 0. The van der Waals surface area contributed by atoms with Gasteiger partial charge < -0.3 is 24.2 Å². The molecule has 0 aromatic heterocycles. The van der Waals surface area contributed by atoms with E-state index in [0.717, 1.165) is 5.56 Å². The smallest absolute Gasteiger partial charge is 0.226 e. The maximum absolute atomic E-state index is 12.9. The molecule has 5 atom stereocenters. The van der Waals surface area contributed by atoms with Crippen molar-refractivity contribution in [3.63, 3.8) is 0 Å². The van der Waals surface area contributed by atoms with Gasteiger partial charge in [-0.1, -0.05) is 30.3 Å². The highest BCUT2D eigenvalue weighted by Gasteiger charge is 2.58. The van der Waals surface area contributed by atoms with E-state index in [-0.39, 0.29) is 30.1 Å². The molecule has 3 saturated heterocycles.